The van der Waals surface area contributed by atoms with Crippen molar-refractivity contribution in [2.45, 2.75) is 26.2 Å². The van der Waals surface area contributed by atoms with Crippen LogP contribution in [0.4, 0.5) is 0 Å². The number of likely N-dealkylation sites (tertiary alicyclic amines) is 1. The Bertz CT molecular complexity index is 869. The second-order valence-corrected chi connectivity index (χ2v) is 7.70. The molecule has 0 N–H and O–H groups in total. The molecule has 7 nitrogen and oxygen atoms in total. The standard InChI is InChI=1S/C21H24N2O5S/c1-3-14-4-6-15(7-5-14)19-22-17(13-29-19)21(26)28-12-18(24)23-10-8-16(9-11-23)20(25)27-2/h4-7,13,16H,3,8-12H2,1-2H3. The van der Waals surface area contributed by atoms with Gasteiger partial charge in [-0.15, -0.1) is 11.3 Å². The largest absolute Gasteiger partial charge is 0.469 e. The van der Waals surface area contributed by atoms with E-state index in [9.17, 15) is 14.4 Å². The van der Waals surface area contributed by atoms with E-state index in [2.05, 4.69) is 11.9 Å². The number of aryl methyl sites for hydroxylation is 1. The Labute approximate surface area is 173 Å². The quantitative estimate of drug-likeness (QED) is 0.673. The molecule has 3 rings (SSSR count). The molecule has 8 heteroatoms. The monoisotopic (exact) mass is 416 g/mol. The van der Waals surface area contributed by atoms with Gasteiger partial charge in [-0.1, -0.05) is 31.2 Å². The number of ether oxygens (including phenoxy) is 2. The van der Waals surface area contributed by atoms with Gasteiger partial charge < -0.3 is 14.4 Å². The molecule has 1 aliphatic rings. The smallest absolute Gasteiger partial charge is 0.358 e. The Kier molecular flexibility index (Phi) is 6.98. The van der Waals surface area contributed by atoms with E-state index in [-0.39, 0.29) is 30.1 Å². The van der Waals surface area contributed by atoms with Crippen LogP contribution >= 0.6 is 11.3 Å². The molecule has 2 aromatic rings. The van der Waals surface area contributed by atoms with Crippen LogP contribution in [0.25, 0.3) is 10.6 Å². The van der Waals surface area contributed by atoms with Gasteiger partial charge in [-0.2, -0.15) is 0 Å². The van der Waals surface area contributed by atoms with Crippen molar-refractivity contribution in [1.29, 1.82) is 0 Å². The van der Waals surface area contributed by atoms with E-state index in [0.717, 1.165) is 17.0 Å². The summed E-state index contributed by atoms with van der Waals surface area (Å²) in [4.78, 5) is 42.0. The first-order chi connectivity index (χ1) is 14.0. The number of hydrogen-bond acceptors (Lipinski definition) is 7. The van der Waals surface area contributed by atoms with E-state index in [0.29, 0.717) is 25.9 Å². The van der Waals surface area contributed by atoms with Gasteiger partial charge in [0.2, 0.25) is 0 Å². The van der Waals surface area contributed by atoms with Crippen LogP contribution in [0.1, 0.15) is 35.8 Å². The highest BCUT2D eigenvalue weighted by atomic mass is 32.1. The number of esters is 2. The number of rotatable bonds is 6. The van der Waals surface area contributed by atoms with Crippen LogP contribution in [0.2, 0.25) is 0 Å². The Morgan fingerprint density at radius 1 is 1.17 bits per heavy atom. The molecule has 1 fully saturated rings. The van der Waals surface area contributed by atoms with E-state index < -0.39 is 5.97 Å². The first kappa shape index (κ1) is 21.0. The van der Waals surface area contributed by atoms with Crippen LogP contribution in [-0.2, 0) is 25.5 Å². The fourth-order valence-electron chi connectivity index (χ4n) is 3.21. The fraction of sp³-hybridized carbons (Fsp3) is 0.429. The summed E-state index contributed by atoms with van der Waals surface area (Å²) < 4.78 is 9.89. The number of piperidine rings is 1. The molecule has 1 aromatic carbocycles. The normalized spacial score (nSPS) is 14.5. The molecule has 0 spiro atoms. The van der Waals surface area contributed by atoms with Gasteiger partial charge in [0.05, 0.1) is 13.0 Å². The lowest BCUT2D eigenvalue weighted by molar-refractivity contribution is -0.149. The molecule has 1 amide bonds. The lowest BCUT2D eigenvalue weighted by Gasteiger charge is -2.30. The first-order valence-electron chi connectivity index (χ1n) is 9.59. The molecular formula is C21H24N2O5S. The molecule has 1 saturated heterocycles. The topological polar surface area (TPSA) is 85.8 Å². The maximum Gasteiger partial charge on any atom is 0.358 e. The van der Waals surface area contributed by atoms with Crippen molar-refractivity contribution in [3.05, 3.63) is 40.9 Å². The van der Waals surface area contributed by atoms with Gasteiger partial charge in [0.1, 0.15) is 5.01 Å². The van der Waals surface area contributed by atoms with E-state index in [1.165, 1.54) is 24.0 Å². The van der Waals surface area contributed by atoms with Gasteiger partial charge in [-0.25, -0.2) is 9.78 Å². The number of methoxy groups -OCH3 is 1. The predicted octanol–water partition coefficient (Wildman–Crippen LogP) is 2.94. The van der Waals surface area contributed by atoms with Crippen molar-refractivity contribution in [3.8, 4) is 10.6 Å². The summed E-state index contributed by atoms with van der Waals surface area (Å²) in [6, 6.07) is 8.04. The van der Waals surface area contributed by atoms with Crippen molar-refractivity contribution in [1.82, 2.24) is 9.88 Å². The van der Waals surface area contributed by atoms with Crippen molar-refractivity contribution in [3.63, 3.8) is 0 Å². The highest BCUT2D eigenvalue weighted by Gasteiger charge is 2.28. The zero-order valence-corrected chi connectivity index (χ0v) is 17.4. The lowest BCUT2D eigenvalue weighted by Crippen LogP contribution is -2.42. The van der Waals surface area contributed by atoms with Crippen LogP contribution in [0.5, 0.6) is 0 Å². The molecule has 29 heavy (non-hydrogen) atoms. The molecule has 1 aromatic heterocycles. The molecule has 0 aliphatic carbocycles. The third-order valence-corrected chi connectivity index (χ3v) is 5.92. The molecule has 0 unspecified atom stereocenters. The number of aromatic nitrogens is 1. The van der Waals surface area contributed by atoms with Crippen molar-refractivity contribution in [2.24, 2.45) is 5.92 Å². The summed E-state index contributed by atoms with van der Waals surface area (Å²) >= 11 is 1.36. The minimum Gasteiger partial charge on any atom is -0.469 e. The average molecular weight is 416 g/mol. The van der Waals surface area contributed by atoms with Crippen LogP contribution in [0.3, 0.4) is 0 Å². The van der Waals surface area contributed by atoms with E-state index in [4.69, 9.17) is 9.47 Å². The molecule has 154 valence electrons. The lowest BCUT2D eigenvalue weighted by atomic mass is 9.97. The third kappa shape index (κ3) is 5.20. The Morgan fingerprint density at radius 2 is 1.86 bits per heavy atom. The number of hydrogen-bond donors (Lipinski definition) is 0. The third-order valence-electron chi connectivity index (χ3n) is 5.03. The Hall–Kier alpha value is -2.74. The SMILES string of the molecule is CCc1ccc(-c2nc(C(=O)OCC(=O)N3CCC(C(=O)OC)CC3)cs2)cc1. The molecule has 0 saturated carbocycles. The minimum absolute atomic E-state index is 0.175. The first-order valence-corrected chi connectivity index (χ1v) is 10.5. The van der Waals surface area contributed by atoms with Crippen molar-refractivity contribution < 1.29 is 23.9 Å². The predicted molar refractivity (Wildman–Crippen MR) is 109 cm³/mol. The van der Waals surface area contributed by atoms with Gasteiger partial charge in [0.15, 0.2) is 12.3 Å². The maximum atomic E-state index is 12.3. The zero-order valence-electron chi connectivity index (χ0n) is 16.6. The van der Waals surface area contributed by atoms with Crippen LogP contribution in [-0.4, -0.2) is 54.5 Å². The van der Waals surface area contributed by atoms with Crippen LogP contribution in [0, 0.1) is 5.92 Å². The van der Waals surface area contributed by atoms with Crippen LogP contribution < -0.4 is 0 Å². The number of thiazole rings is 1. The van der Waals surface area contributed by atoms with Crippen molar-refractivity contribution >= 4 is 29.2 Å². The number of nitrogens with zero attached hydrogens (tertiary/aromatic N) is 2. The highest BCUT2D eigenvalue weighted by Crippen LogP contribution is 2.24. The summed E-state index contributed by atoms with van der Waals surface area (Å²) in [5, 5.41) is 2.37. The van der Waals surface area contributed by atoms with Crippen molar-refractivity contribution in [2.75, 3.05) is 26.8 Å². The summed E-state index contributed by atoms with van der Waals surface area (Å²) in [5.41, 5.74) is 2.37. The molecule has 0 bridgehead atoms. The van der Waals surface area contributed by atoms with Gasteiger partial charge >= 0.3 is 11.9 Å². The Morgan fingerprint density at radius 3 is 2.48 bits per heavy atom. The number of amides is 1. The van der Waals surface area contributed by atoms with Gasteiger partial charge in [0, 0.05) is 24.0 Å². The van der Waals surface area contributed by atoms with E-state index in [1.54, 1.807) is 10.3 Å². The second-order valence-electron chi connectivity index (χ2n) is 6.84. The summed E-state index contributed by atoms with van der Waals surface area (Å²) in [6.45, 7) is 2.66. The zero-order chi connectivity index (χ0) is 20.8. The Balaban J connectivity index is 1.50. The van der Waals surface area contributed by atoms with E-state index >= 15 is 0 Å². The van der Waals surface area contributed by atoms with Crippen LogP contribution in [0.15, 0.2) is 29.6 Å². The molecule has 0 radical (unpaired) electrons. The molecular weight excluding hydrogens is 392 g/mol. The van der Waals surface area contributed by atoms with E-state index in [1.807, 2.05) is 24.3 Å². The molecule has 2 heterocycles. The second kappa shape index (κ2) is 9.65. The highest BCUT2D eigenvalue weighted by molar-refractivity contribution is 7.13. The molecule has 0 atom stereocenters. The minimum atomic E-state index is -0.615. The number of carbonyl (C=O) groups excluding carboxylic acids is 3. The fourth-order valence-corrected chi connectivity index (χ4v) is 4.00. The number of carbonyl (C=O) groups is 3. The molecule has 1 aliphatic heterocycles. The summed E-state index contributed by atoms with van der Waals surface area (Å²) in [5.74, 6) is -1.30. The summed E-state index contributed by atoms with van der Waals surface area (Å²) in [7, 11) is 1.36. The van der Waals surface area contributed by atoms with Gasteiger partial charge in [0.25, 0.3) is 5.91 Å². The number of benzene rings is 1. The maximum absolute atomic E-state index is 12.3. The van der Waals surface area contributed by atoms with Gasteiger partial charge in [-0.3, -0.25) is 9.59 Å². The average Bonchev–Trinajstić information content (AvgIpc) is 3.27. The van der Waals surface area contributed by atoms with Gasteiger partial charge in [-0.05, 0) is 24.8 Å². The summed E-state index contributed by atoms with van der Waals surface area (Å²) in [6.07, 6.45) is 2.07.